The van der Waals surface area contributed by atoms with Gasteiger partial charge in [0.25, 0.3) is 5.91 Å². The maximum atomic E-state index is 13.8. The van der Waals surface area contributed by atoms with Crippen LogP contribution in [0.25, 0.3) is 6.08 Å². The molecule has 2 aromatic rings. The normalized spacial score (nSPS) is 21.2. The molecule has 2 aliphatic rings. The molecular formula is C26H34N4O2. The van der Waals surface area contributed by atoms with E-state index in [0.29, 0.717) is 18.8 Å². The van der Waals surface area contributed by atoms with Crippen LogP contribution in [-0.4, -0.2) is 37.8 Å². The highest BCUT2D eigenvalue weighted by Crippen LogP contribution is 2.33. The summed E-state index contributed by atoms with van der Waals surface area (Å²) in [4.78, 5) is 33.6. The lowest BCUT2D eigenvalue weighted by Crippen LogP contribution is -2.64. The number of aromatic nitrogens is 2. The van der Waals surface area contributed by atoms with Crippen LogP contribution in [0.15, 0.2) is 36.0 Å². The van der Waals surface area contributed by atoms with Gasteiger partial charge in [0.1, 0.15) is 11.2 Å². The third-order valence-electron chi connectivity index (χ3n) is 6.77. The predicted octanol–water partition coefficient (Wildman–Crippen LogP) is 4.48. The van der Waals surface area contributed by atoms with Gasteiger partial charge in [-0.05, 0) is 70.4 Å². The van der Waals surface area contributed by atoms with E-state index in [1.165, 1.54) is 6.42 Å². The van der Waals surface area contributed by atoms with Gasteiger partial charge >= 0.3 is 0 Å². The van der Waals surface area contributed by atoms with Crippen LogP contribution >= 0.6 is 0 Å². The summed E-state index contributed by atoms with van der Waals surface area (Å²) in [6.45, 7) is 8.74. The number of hydrogen-bond donors (Lipinski definition) is 1. The molecule has 32 heavy (non-hydrogen) atoms. The first-order chi connectivity index (χ1) is 15.3. The van der Waals surface area contributed by atoms with E-state index in [2.05, 4.69) is 16.4 Å². The Morgan fingerprint density at radius 2 is 2.00 bits per heavy atom. The molecule has 0 radical (unpaired) electrons. The first kappa shape index (κ1) is 22.3. The lowest BCUT2D eigenvalue weighted by Gasteiger charge is -2.45. The number of nitrogens with zero attached hydrogens (tertiary/aromatic N) is 3. The molecule has 2 aromatic heterocycles. The van der Waals surface area contributed by atoms with Gasteiger partial charge < -0.3 is 14.8 Å². The minimum Gasteiger partial charge on any atom is -0.351 e. The van der Waals surface area contributed by atoms with E-state index in [1.54, 1.807) is 11.1 Å². The van der Waals surface area contributed by atoms with Crippen LogP contribution in [0.2, 0.25) is 0 Å². The zero-order chi connectivity index (χ0) is 22.9. The number of nitrogens with one attached hydrogen (secondary N) is 1. The number of hydrogen-bond acceptors (Lipinski definition) is 3. The van der Waals surface area contributed by atoms with E-state index in [9.17, 15) is 9.59 Å². The molecule has 1 N–H and O–H groups in total. The lowest BCUT2D eigenvalue weighted by molar-refractivity contribution is -0.134. The van der Waals surface area contributed by atoms with E-state index in [0.717, 1.165) is 48.2 Å². The zero-order valence-electron chi connectivity index (χ0n) is 19.6. The van der Waals surface area contributed by atoms with Gasteiger partial charge in [-0.1, -0.05) is 30.9 Å². The zero-order valence-corrected chi connectivity index (χ0v) is 19.6. The molecular weight excluding hydrogens is 400 g/mol. The minimum absolute atomic E-state index is 0.0752. The number of fused-ring (bicyclic) bond motifs is 1. The van der Waals surface area contributed by atoms with Crippen molar-refractivity contribution >= 4 is 17.9 Å². The van der Waals surface area contributed by atoms with Crippen molar-refractivity contribution in [1.29, 1.82) is 0 Å². The first-order valence-corrected chi connectivity index (χ1v) is 11.7. The second-order valence-electron chi connectivity index (χ2n) is 9.70. The summed E-state index contributed by atoms with van der Waals surface area (Å²) in [5.41, 5.74) is 3.61. The number of pyridine rings is 1. The number of rotatable bonds is 5. The molecule has 1 aliphatic heterocycles. The Hall–Kier alpha value is -2.89. The topological polar surface area (TPSA) is 67.2 Å². The third-order valence-corrected chi connectivity index (χ3v) is 6.77. The summed E-state index contributed by atoms with van der Waals surface area (Å²) in [5, 5.41) is 3.28. The summed E-state index contributed by atoms with van der Waals surface area (Å²) < 4.78 is 2.03. The van der Waals surface area contributed by atoms with Crippen LogP contribution in [0, 0.1) is 6.92 Å². The molecule has 1 unspecified atom stereocenters. The summed E-state index contributed by atoms with van der Waals surface area (Å²) in [6.07, 6.45) is 9.35. The molecule has 0 bridgehead atoms. The van der Waals surface area contributed by atoms with Gasteiger partial charge in [-0.15, -0.1) is 0 Å². The van der Waals surface area contributed by atoms with Crippen LogP contribution in [0.1, 0.15) is 80.3 Å². The highest BCUT2D eigenvalue weighted by molar-refractivity contribution is 6.00. The average Bonchev–Trinajstić information content (AvgIpc) is 3.07. The SMILES string of the molecule is CC(C)=Cc1c(C)cc2n1CC(C)(C(=O)NC1CCCCC1)N(Cc1ccccn1)C2=O. The fourth-order valence-electron chi connectivity index (χ4n) is 4.95. The molecule has 6 heteroatoms. The number of amides is 2. The Morgan fingerprint density at radius 3 is 2.66 bits per heavy atom. The average molecular weight is 435 g/mol. The molecule has 0 saturated heterocycles. The second kappa shape index (κ2) is 8.93. The minimum atomic E-state index is -1.01. The molecule has 0 spiro atoms. The Labute approximate surface area is 190 Å². The van der Waals surface area contributed by atoms with E-state index in [1.807, 2.05) is 56.5 Å². The molecule has 1 saturated carbocycles. The van der Waals surface area contributed by atoms with Crippen LogP contribution in [-0.2, 0) is 17.9 Å². The predicted molar refractivity (Wildman–Crippen MR) is 126 cm³/mol. The number of carbonyl (C=O) groups excluding carboxylic acids is 2. The van der Waals surface area contributed by atoms with Gasteiger partial charge in [0.05, 0.1) is 18.8 Å². The van der Waals surface area contributed by atoms with Crippen LogP contribution in [0.4, 0.5) is 0 Å². The Balaban J connectivity index is 1.74. The molecule has 170 valence electrons. The van der Waals surface area contributed by atoms with E-state index >= 15 is 0 Å². The smallest absolute Gasteiger partial charge is 0.271 e. The molecule has 4 rings (SSSR count). The highest BCUT2D eigenvalue weighted by Gasteiger charge is 2.48. The van der Waals surface area contributed by atoms with Gasteiger partial charge in [-0.2, -0.15) is 0 Å². The van der Waals surface area contributed by atoms with Crippen molar-refractivity contribution in [2.45, 2.75) is 84.5 Å². The maximum Gasteiger partial charge on any atom is 0.271 e. The van der Waals surface area contributed by atoms with Gasteiger partial charge in [0, 0.05) is 17.9 Å². The van der Waals surface area contributed by atoms with Crippen molar-refractivity contribution in [2.75, 3.05) is 0 Å². The van der Waals surface area contributed by atoms with Crippen molar-refractivity contribution in [3.63, 3.8) is 0 Å². The van der Waals surface area contributed by atoms with Crippen LogP contribution in [0.5, 0.6) is 0 Å². The molecule has 2 amide bonds. The third kappa shape index (κ3) is 4.23. The maximum absolute atomic E-state index is 13.8. The Kier molecular flexibility index (Phi) is 6.22. The van der Waals surface area contributed by atoms with Gasteiger partial charge in [-0.3, -0.25) is 14.6 Å². The molecule has 3 heterocycles. The number of allylic oxidation sites excluding steroid dienone is 1. The number of aryl methyl sites for hydroxylation is 1. The van der Waals surface area contributed by atoms with E-state index in [4.69, 9.17) is 0 Å². The largest absolute Gasteiger partial charge is 0.351 e. The monoisotopic (exact) mass is 434 g/mol. The number of carbonyl (C=O) groups is 2. The summed E-state index contributed by atoms with van der Waals surface area (Å²) >= 11 is 0. The lowest BCUT2D eigenvalue weighted by atomic mass is 9.91. The quantitative estimate of drug-likeness (QED) is 0.755. The van der Waals surface area contributed by atoms with Crippen molar-refractivity contribution < 1.29 is 9.59 Å². The van der Waals surface area contributed by atoms with Crippen LogP contribution < -0.4 is 5.32 Å². The summed E-state index contributed by atoms with van der Waals surface area (Å²) in [7, 11) is 0. The van der Waals surface area contributed by atoms with Gasteiger partial charge in [0.2, 0.25) is 5.91 Å². The second-order valence-corrected chi connectivity index (χ2v) is 9.70. The highest BCUT2D eigenvalue weighted by atomic mass is 16.2. The molecule has 1 atom stereocenters. The van der Waals surface area contributed by atoms with E-state index in [-0.39, 0.29) is 17.9 Å². The van der Waals surface area contributed by atoms with Crippen LogP contribution in [0.3, 0.4) is 0 Å². The fourth-order valence-corrected chi connectivity index (χ4v) is 4.95. The van der Waals surface area contributed by atoms with Crippen molar-refractivity contribution in [1.82, 2.24) is 19.8 Å². The van der Waals surface area contributed by atoms with Gasteiger partial charge in [-0.25, -0.2) is 0 Å². The van der Waals surface area contributed by atoms with Crippen molar-refractivity contribution in [3.8, 4) is 0 Å². The Morgan fingerprint density at radius 1 is 1.25 bits per heavy atom. The van der Waals surface area contributed by atoms with Gasteiger partial charge in [0.15, 0.2) is 0 Å². The first-order valence-electron chi connectivity index (χ1n) is 11.7. The summed E-state index contributed by atoms with van der Waals surface area (Å²) in [6, 6.07) is 7.80. The van der Waals surface area contributed by atoms with Crippen molar-refractivity contribution in [3.05, 3.63) is 58.7 Å². The Bertz CT molecular complexity index is 1030. The van der Waals surface area contributed by atoms with E-state index < -0.39 is 5.54 Å². The molecule has 0 aromatic carbocycles. The fraction of sp³-hybridized carbons (Fsp3) is 0.500. The summed E-state index contributed by atoms with van der Waals surface area (Å²) in [5.74, 6) is -0.200. The standard InChI is InChI=1S/C26H34N4O2/c1-18(2)14-22-19(3)15-23-24(31)30(16-21-12-8-9-13-27-21)26(4,17-29(22)23)25(32)28-20-10-6-5-7-11-20/h8-9,12-15,20H,5-7,10-11,16-17H2,1-4H3,(H,28,32). The van der Waals surface area contributed by atoms with Crippen molar-refractivity contribution in [2.24, 2.45) is 0 Å². The molecule has 1 fully saturated rings. The molecule has 1 aliphatic carbocycles. The molecule has 6 nitrogen and oxygen atoms in total.